The number of benzene rings is 1. The normalized spacial score (nSPS) is 17.8. The standard InChI is InChI=1S/C18H28FN3O2/c1-14-6-7-15(12-22-18(20-2)21-9-4-8-19)17(11-14)24-13-16-5-3-10-23-16/h6-7,11,16H,3-5,8-10,12-13H2,1-2H3,(H2,20,21,22). The lowest BCUT2D eigenvalue weighted by Crippen LogP contribution is -2.37. The number of nitrogens with one attached hydrogen (secondary N) is 2. The van der Waals surface area contributed by atoms with Crippen LogP contribution in [0.2, 0.25) is 0 Å². The van der Waals surface area contributed by atoms with Gasteiger partial charge in [-0.25, -0.2) is 0 Å². The maximum absolute atomic E-state index is 12.2. The minimum absolute atomic E-state index is 0.196. The van der Waals surface area contributed by atoms with Crippen molar-refractivity contribution in [2.45, 2.75) is 38.8 Å². The third kappa shape index (κ3) is 6.00. The van der Waals surface area contributed by atoms with E-state index in [1.54, 1.807) is 7.05 Å². The summed E-state index contributed by atoms with van der Waals surface area (Å²) in [6.45, 7) is 4.29. The summed E-state index contributed by atoms with van der Waals surface area (Å²) >= 11 is 0. The van der Waals surface area contributed by atoms with Crippen LogP contribution in [0.4, 0.5) is 4.39 Å². The van der Waals surface area contributed by atoms with Crippen molar-refractivity contribution in [3.8, 4) is 5.75 Å². The molecule has 0 aromatic heterocycles. The Hall–Kier alpha value is -1.82. The van der Waals surface area contributed by atoms with E-state index in [1.807, 2.05) is 13.0 Å². The zero-order chi connectivity index (χ0) is 17.2. The summed E-state index contributed by atoms with van der Waals surface area (Å²) < 4.78 is 23.8. The van der Waals surface area contributed by atoms with Crippen molar-refractivity contribution < 1.29 is 13.9 Å². The summed E-state index contributed by atoms with van der Waals surface area (Å²) in [4.78, 5) is 4.14. The molecular formula is C18H28FN3O2. The first-order valence-electron chi connectivity index (χ1n) is 8.57. The number of aryl methyl sites for hydroxylation is 1. The Balaban J connectivity index is 1.90. The molecule has 2 N–H and O–H groups in total. The smallest absolute Gasteiger partial charge is 0.191 e. The first kappa shape index (κ1) is 18.5. The Labute approximate surface area is 143 Å². The highest BCUT2D eigenvalue weighted by atomic mass is 19.1. The molecule has 1 saturated heterocycles. The lowest BCUT2D eigenvalue weighted by atomic mass is 10.1. The number of rotatable bonds is 8. The summed E-state index contributed by atoms with van der Waals surface area (Å²) in [6.07, 6.45) is 2.84. The van der Waals surface area contributed by atoms with Crippen LogP contribution in [0.1, 0.15) is 30.4 Å². The van der Waals surface area contributed by atoms with Crippen molar-refractivity contribution in [2.24, 2.45) is 4.99 Å². The summed E-state index contributed by atoms with van der Waals surface area (Å²) in [5.41, 5.74) is 2.22. The van der Waals surface area contributed by atoms with Gasteiger partial charge in [-0.1, -0.05) is 12.1 Å². The SMILES string of the molecule is CN=C(NCCCF)NCc1ccc(C)cc1OCC1CCCO1. The third-order valence-electron chi connectivity index (χ3n) is 3.94. The molecule has 134 valence electrons. The summed E-state index contributed by atoms with van der Waals surface area (Å²) in [7, 11) is 1.70. The van der Waals surface area contributed by atoms with Crippen molar-refractivity contribution in [1.82, 2.24) is 10.6 Å². The summed E-state index contributed by atoms with van der Waals surface area (Å²) in [6, 6.07) is 6.17. The third-order valence-corrected chi connectivity index (χ3v) is 3.94. The second-order valence-corrected chi connectivity index (χ2v) is 5.95. The molecular weight excluding hydrogens is 309 g/mol. The number of alkyl halides is 1. The van der Waals surface area contributed by atoms with E-state index in [0.717, 1.165) is 36.3 Å². The number of halogens is 1. The number of hydrogen-bond acceptors (Lipinski definition) is 3. The first-order valence-corrected chi connectivity index (χ1v) is 8.57. The molecule has 1 aliphatic heterocycles. The number of nitrogens with zero attached hydrogens (tertiary/aromatic N) is 1. The maximum Gasteiger partial charge on any atom is 0.191 e. The predicted octanol–water partition coefficient (Wildman–Crippen LogP) is 2.58. The second-order valence-electron chi connectivity index (χ2n) is 5.95. The number of ether oxygens (including phenoxy) is 2. The van der Waals surface area contributed by atoms with Crippen LogP contribution < -0.4 is 15.4 Å². The summed E-state index contributed by atoms with van der Waals surface area (Å²) in [5.74, 6) is 1.53. The van der Waals surface area contributed by atoms with Gasteiger partial charge in [-0.2, -0.15) is 0 Å². The van der Waals surface area contributed by atoms with Gasteiger partial charge in [0.25, 0.3) is 0 Å². The van der Waals surface area contributed by atoms with Gasteiger partial charge in [-0.15, -0.1) is 0 Å². The molecule has 0 aliphatic carbocycles. The van der Waals surface area contributed by atoms with E-state index in [-0.39, 0.29) is 12.8 Å². The van der Waals surface area contributed by atoms with Crippen molar-refractivity contribution >= 4 is 5.96 Å². The molecule has 24 heavy (non-hydrogen) atoms. The van der Waals surface area contributed by atoms with E-state index in [4.69, 9.17) is 9.47 Å². The number of guanidine groups is 1. The monoisotopic (exact) mass is 337 g/mol. The lowest BCUT2D eigenvalue weighted by molar-refractivity contribution is 0.0676. The molecule has 5 nitrogen and oxygen atoms in total. The Kier molecular flexibility index (Phi) is 7.82. The molecule has 2 rings (SSSR count). The van der Waals surface area contributed by atoms with Gasteiger partial charge < -0.3 is 20.1 Å². The van der Waals surface area contributed by atoms with Crippen molar-refractivity contribution in [2.75, 3.05) is 33.5 Å². The molecule has 1 fully saturated rings. The Bertz CT molecular complexity index is 531. The van der Waals surface area contributed by atoms with E-state index in [9.17, 15) is 4.39 Å². The van der Waals surface area contributed by atoms with Crippen LogP contribution in [0.25, 0.3) is 0 Å². The highest BCUT2D eigenvalue weighted by Gasteiger charge is 2.17. The van der Waals surface area contributed by atoms with Crippen LogP contribution in [-0.2, 0) is 11.3 Å². The second kappa shape index (κ2) is 10.1. The molecule has 1 atom stereocenters. The van der Waals surface area contributed by atoms with Gasteiger partial charge in [0, 0.05) is 32.3 Å². The molecule has 0 saturated carbocycles. The molecule has 1 aromatic rings. The molecule has 0 spiro atoms. The van der Waals surface area contributed by atoms with E-state index in [1.165, 1.54) is 0 Å². The van der Waals surface area contributed by atoms with Crippen LogP contribution >= 0.6 is 0 Å². The molecule has 0 radical (unpaired) electrons. The van der Waals surface area contributed by atoms with E-state index in [0.29, 0.717) is 32.1 Å². The largest absolute Gasteiger partial charge is 0.491 e. The number of aliphatic imine (C=N–C) groups is 1. The van der Waals surface area contributed by atoms with E-state index < -0.39 is 0 Å². The van der Waals surface area contributed by atoms with E-state index in [2.05, 4.69) is 27.8 Å². The highest BCUT2D eigenvalue weighted by molar-refractivity contribution is 5.79. The molecule has 1 unspecified atom stereocenters. The molecule has 6 heteroatoms. The topological polar surface area (TPSA) is 54.9 Å². The quantitative estimate of drug-likeness (QED) is 0.435. The van der Waals surface area contributed by atoms with Gasteiger partial charge in [-0.3, -0.25) is 9.38 Å². The zero-order valence-corrected chi connectivity index (χ0v) is 14.6. The highest BCUT2D eigenvalue weighted by Crippen LogP contribution is 2.22. The number of hydrogen-bond donors (Lipinski definition) is 2. The summed E-state index contributed by atoms with van der Waals surface area (Å²) in [5, 5.41) is 6.32. The zero-order valence-electron chi connectivity index (χ0n) is 14.6. The fraction of sp³-hybridized carbons (Fsp3) is 0.611. The molecule has 1 aliphatic rings. The minimum atomic E-state index is -0.330. The van der Waals surface area contributed by atoms with Gasteiger partial charge in [0.05, 0.1) is 12.8 Å². The van der Waals surface area contributed by atoms with Crippen LogP contribution in [-0.4, -0.2) is 45.5 Å². The van der Waals surface area contributed by atoms with Crippen LogP contribution in [0, 0.1) is 6.92 Å². The van der Waals surface area contributed by atoms with Gasteiger partial charge in [0.15, 0.2) is 5.96 Å². The first-order chi connectivity index (χ1) is 11.7. The average molecular weight is 337 g/mol. The van der Waals surface area contributed by atoms with E-state index >= 15 is 0 Å². The van der Waals surface area contributed by atoms with Crippen LogP contribution in [0.15, 0.2) is 23.2 Å². The van der Waals surface area contributed by atoms with Crippen molar-refractivity contribution in [1.29, 1.82) is 0 Å². The van der Waals surface area contributed by atoms with Crippen molar-refractivity contribution in [3.05, 3.63) is 29.3 Å². The molecule has 1 heterocycles. The van der Waals surface area contributed by atoms with Gasteiger partial charge in [0.1, 0.15) is 12.4 Å². The maximum atomic E-state index is 12.2. The van der Waals surface area contributed by atoms with Gasteiger partial charge >= 0.3 is 0 Å². The van der Waals surface area contributed by atoms with Crippen molar-refractivity contribution in [3.63, 3.8) is 0 Å². The lowest BCUT2D eigenvalue weighted by Gasteiger charge is -2.17. The van der Waals surface area contributed by atoms with Gasteiger partial charge in [0.2, 0.25) is 0 Å². The molecule has 0 bridgehead atoms. The molecule has 0 amide bonds. The predicted molar refractivity (Wildman–Crippen MR) is 94.4 cm³/mol. The Morgan fingerprint density at radius 1 is 1.42 bits per heavy atom. The Morgan fingerprint density at radius 2 is 2.29 bits per heavy atom. The molecule has 1 aromatic carbocycles. The van der Waals surface area contributed by atoms with Gasteiger partial charge in [-0.05, 0) is 37.8 Å². The van der Waals surface area contributed by atoms with Crippen LogP contribution in [0.5, 0.6) is 5.75 Å². The minimum Gasteiger partial charge on any atom is -0.491 e. The average Bonchev–Trinajstić information content (AvgIpc) is 3.11. The fourth-order valence-corrected chi connectivity index (χ4v) is 2.57. The Morgan fingerprint density at radius 3 is 3.00 bits per heavy atom. The fourth-order valence-electron chi connectivity index (χ4n) is 2.57. The van der Waals surface area contributed by atoms with Crippen LogP contribution in [0.3, 0.4) is 0 Å².